The van der Waals surface area contributed by atoms with Crippen LogP contribution < -0.4 is 10.6 Å². The van der Waals surface area contributed by atoms with Gasteiger partial charge in [-0.2, -0.15) is 13.2 Å². The predicted molar refractivity (Wildman–Crippen MR) is 125 cm³/mol. The lowest BCUT2D eigenvalue weighted by molar-refractivity contribution is -0.135. The number of halogens is 6. The number of rotatable bonds is 5. The first-order chi connectivity index (χ1) is 16.9. The van der Waals surface area contributed by atoms with E-state index < -0.39 is 47.3 Å². The summed E-state index contributed by atoms with van der Waals surface area (Å²) >= 11 is 0. The number of nitrogens with zero attached hydrogens (tertiary/aromatic N) is 1. The highest BCUT2D eigenvalue weighted by atomic mass is 19.4. The summed E-state index contributed by atoms with van der Waals surface area (Å²) in [7, 11) is 0. The van der Waals surface area contributed by atoms with Gasteiger partial charge in [0.1, 0.15) is 11.4 Å². The van der Waals surface area contributed by atoms with Gasteiger partial charge in [-0.3, -0.25) is 9.59 Å². The van der Waals surface area contributed by atoms with Gasteiger partial charge in [0.25, 0.3) is 0 Å². The van der Waals surface area contributed by atoms with Gasteiger partial charge in [-0.25, -0.2) is 18.0 Å². The molecule has 1 fully saturated rings. The number of hydrogen-bond donors (Lipinski definition) is 2. The number of amides is 3. The molecule has 1 aromatic rings. The first-order valence-corrected chi connectivity index (χ1v) is 11.7. The molecule has 3 amide bonds. The van der Waals surface area contributed by atoms with E-state index in [0.717, 1.165) is 0 Å². The molecule has 0 radical (unpaired) electrons. The quantitative estimate of drug-likeness (QED) is 0.410. The van der Waals surface area contributed by atoms with Crippen LogP contribution in [-0.2, 0) is 20.7 Å². The Morgan fingerprint density at radius 1 is 1.05 bits per heavy atom. The number of benzene rings is 1. The molecular weight excluding hydrogens is 508 g/mol. The fourth-order valence-corrected chi connectivity index (χ4v) is 2.99. The molecule has 0 spiro atoms. The van der Waals surface area contributed by atoms with Crippen LogP contribution in [0.15, 0.2) is 12.1 Å². The van der Waals surface area contributed by atoms with Crippen LogP contribution in [-0.4, -0.2) is 60.3 Å². The molecule has 0 aromatic heterocycles. The molecule has 1 saturated heterocycles. The molecule has 2 N–H and O–H groups in total. The molecular formula is C24H35F6N3O4. The fraction of sp³-hybridized carbons (Fsp3) is 0.625. The third kappa shape index (κ3) is 15.7. The van der Waals surface area contributed by atoms with Crippen LogP contribution in [0.2, 0.25) is 0 Å². The Labute approximate surface area is 212 Å². The maximum absolute atomic E-state index is 14.1. The summed E-state index contributed by atoms with van der Waals surface area (Å²) in [6.07, 6.45) is -4.81. The molecule has 2 rings (SSSR count). The Hall–Kier alpha value is -2.99. The van der Waals surface area contributed by atoms with Gasteiger partial charge in [-0.05, 0) is 45.2 Å². The second-order valence-electron chi connectivity index (χ2n) is 8.91. The molecule has 1 aliphatic heterocycles. The molecule has 37 heavy (non-hydrogen) atoms. The molecule has 212 valence electrons. The predicted octanol–water partition coefficient (Wildman–Crippen LogP) is 4.87. The van der Waals surface area contributed by atoms with Crippen LogP contribution in [0.5, 0.6) is 0 Å². The average molecular weight is 544 g/mol. The summed E-state index contributed by atoms with van der Waals surface area (Å²) in [5, 5.41) is 5.14. The van der Waals surface area contributed by atoms with Gasteiger partial charge in [-0.15, -0.1) is 0 Å². The van der Waals surface area contributed by atoms with Crippen molar-refractivity contribution in [2.24, 2.45) is 0 Å². The van der Waals surface area contributed by atoms with Crippen LogP contribution in [0.3, 0.4) is 0 Å². The van der Waals surface area contributed by atoms with E-state index in [4.69, 9.17) is 4.74 Å². The summed E-state index contributed by atoms with van der Waals surface area (Å²) < 4.78 is 77.1. The summed E-state index contributed by atoms with van der Waals surface area (Å²) in [5.74, 6) is -4.30. The van der Waals surface area contributed by atoms with E-state index >= 15 is 0 Å². The Balaban J connectivity index is 0.00000165. The second kappa shape index (κ2) is 15.3. The number of carbonyl (C=O) groups excluding carboxylic acids is 3. The Kier molecular flexibility index (Phi) is 14.1. The van der Waals surface area contributed by atoms with Gasteiger partial charge < -0.3 is 20.3 Å². The van der Waals surface area contributed by atoms with Crippen LogP contribution in [0.25, 0.3) is 0 Å². The molecule has 0 bridgehead atoms. The Morgan fingerprint density at radius 2 is 1.59 bits per heavy atom. The van der Waals surface area contributed by atoms with Gasteiger partial charge in [0.05, 0.1) is 6.54 Å². The van der Waals surface area contributed by atoms with Crippen molar-refractivity contribution in [1.29, 1.82) is 0 Å². The number of alkyl carbamates (subject to hydrolysis) is 1. The summed E-state index contributed by atoms with van der Waals surface area (Å²) in [6.45, 7) is 9.80. The van der Waals surface area contributed by atoms with Crippen molar-refractivity contribution in [3.8, 4) is 0 Å². The highest BCUT2D eigenvalue weighted by molar-refractivity contribution is 5.85. The van der Waals surface area contributed by atoms with Crippen molar-refractivity contribution in [2.45, 2.75) is 78.6 Å². The van der Waals surface area contributed by atoms with Gasteiger partial charge in [0, 0.05) is 38.5 Å². The minimum atomic E-state index is -4.00. The highest BCUT2D eigenvalue weighted by Crippen LogP contribution is 2.18. The van der Waals surface area contributed by atoms with Crippen LogP contribution in [0.4, 0.5) is 31.1 Å². The number of hydrogen-bond acceptors (Lipinski definition) is 4. The van der Waals surface area contributed by atoms with E-state index in [2.05, 4.69) is 10.6 Å². The zero-order chi connectivity index (χ0) is 29.0. The topological polar surface area (TPSA) is 87.7 Å². The lowest BCUT2D eigenvalue weighted by atomic mass is 10.0. The Morgan fingerprint density at radius 3 is 2.14 bits per heavy atom. The molecule has 1 aliphatic rings. The average Bonchev–Trinajstić information content (AvgIpc) is 2.95. The number of alkyl halides is 3. The largest absolute Gasteiger partial charge is 0.444 e. The van der Waals surface area contributed by atoms with E-state index in [0.29, 0.717) is 31.6 Å². The maximum Gasteiger partial charge on any atom is 0.407 e. The molecule has 1 aromatic carbocycles. The monoisotopic (exact) mass is 543 g/mol. The SMILES string of the molecule is CC.CC(C)(C)OC(=O)N[C@@H](CC(=O)N1CCCNC(=O)C1)Cc1cc(F)c(F)cc1F.CC(F)(F)F. The lowest BCUT2D eigenvalue weighted by Crippen LogP contribution is -2.45. The smallest absolute Gasteiger partial charge is 0.407 e. The second-order valence-corrected chi connectivity index (χ2v) is 8.91. The van der Waals surface area contributed by atoms with E-state index in [1.165, 1.54) is 4.90 Å². The van der Waals surface area contributed by atoms with Gasteiger partial charge in [-0.1, -0.05) is 13.8 Å². The standard InChI is InChI=1S/C20H26F3N3O4.C2H3F3.C2H6/c1-20(2,3)30-19(29)25-13(7-12-8-15(22)16(23)10-14(12)21)9-18(28)26-6-4-5-24-17(27)11-26;1-2(3,4)5;1-2/h8,10,13H,4-7,9,11H2,1-3H3,(H,24,27)(H,25,29);1H3;1-2H3/t13-;;/m1../s1. The molecule has 1 heterocycles. The van der Waals surface area contributed by atoms with Crippen molar-refractivity contribution < 1.29 is 45.5 Å². The molecule has 7 nitrogen and oxygen atoms in total. The highest BCUT2D eigenvalue weighted by Gasteiger charge is 2.27. The number of ether oxygens (including phenoxy) is 1. The van der Waals surface area contributed by atoms with Crippen LogP contribution in [0.1, 0.15) is 59.9 Å². The van der Waals surface area contributed by atoms with E-state index in [9.17, 15) is 40.7 Å². The van der Waals surface area contributed by atoms with Crippen molar-refractivity contribution >= 4 is 17.9 Å². The van der Waals surface area contributed by atoms with Gasteiger partial charge >= 0.3 is 12.3 Å². The Bertz CT molecular complexity index is 898. The molecule has 0 aliphatic carbocycles. The zero-order valence-corrected chi connectivity index (χ0v) is 21.8. The summed E-state index contributed by atoms with van der Waals surface area (Å²) in [4.78, 5) is 37.9. The summed E-state index contributed by atoms with van der Waals surface area (Å²) in [5.41, 5.74) is -1.01. The third-order valence-electron chi connectivity index (χ3n) is 4.31. The lowest BCUT2D eigenvalue weighted by Gasteiger charge is -2.26. The van der Waals surface area contributed by atoms with Crippen molar-refractivity contribution in [3.05, 3.63) is 35.1 Å². The first kappa shape index (κ1) is 34.0. The van der Waals surface area contributed by atoms with Gasteiger partial charge in [0.15, 0.2) is 11.6 Å². The van der Waals surface area contributed by atoms with Crippen LogP contribution in [0, 0.1) is 17.5 Å². The van der Waals surface area contributed by atoms with Crippen LogP contribution >= 0.6 is 0 Å². The number of carbonyl (C=O) groups is 3. The molecule has 0 unspecified atom stereocenters. The molecule has 13 heteroatoms. The van der Waals surface area contributed by atoms with E-state index in [-0.39, 0.29) is 37.8 Å². The normalized spacial score (nSPS) is 14.6. The summed E-state index contributed by atoms with van der Waals surface area (Å²) in [6, 6.07) is 0.145. The van der Waals surface area contributed by atoms with Crippen molar-refractivity contribution in [1.82, 2.24) is 15.5 Å². The zero-order valence-electron chi connectivity index (χ0n) is 21.8. The van der Waals surface area contributed by atoms with E-state index in [1.807, 2.05) is 13.8 Å². The minimum Gasteiger partial charge on any atom is -0.444 e. The third-order valence-corrected chi connectivity index (χ3v) is 4.31. The van der Waals surface area contributed by atoms with Crippen molar-refractivity contribution in [3.63, 3.8) is 0 Å². The first-order valence-electron chi connectivity index (χ1n) is 11.7. The van der Waals surface area contributed by atoms with E-state index in [1.54, 1.807) is 20.8 Å². The molecule has 1 atom stereocenters. The van der Waals surface area contributed by atoms with Gasteiger partial charge in [0.2, 0.25) is 11.8 Å². The number of nitrogens with one attached hydrogen (secondary N) is 2. The molecule has 0 saturated carbocycles. The maximum atomic E-state index is 14.1. The van der Waals surface area contributed by atoms with Crippen molar-refractivity contribution in [2.75, 3.05) is 19.6 Å². The fourth-order valence-electron chi connectivity index (χ4n) is 2.99. The minimum absolute atomic E-state index is 0.127.